The number of aliphatic hydroxyl groups is 1. The number of hydrogen-bond donors (Lipinski definition) is 3. The smallest absolute Gasteiger partial charge is 0.321 e. The molecule has 12 heteroatoms. The van der Waals surface area contributed by atoms with E-state index < -0.39 is 28.1 Å². The van der Waals surface area contributed by atoms with Crippen molar-refractivity contribution < 1.29 is 32.6 Å². The summed E-state index contributed by atoms with van der Waals surface area (Å²) < 4.78 is 38.9. The normalized spacial score (nSPS) is 20.6. The second-order valence-corrected chi connectivity index (χ2v) is 14.0. The molecular weight excluding hydrogens is 608 g/mol. The summed E-state index contributed by atoms with van der Waals surface area (Å²) in [6.07, 6.45) is 2.72. The molecule has 11 nitrogen and oxygen atoms in total. The number of carbonyl (C=O) groups is 2. The molecule has 3 aromatic rings. The first-order valence-corrected chi connectivity index (χ1v) is 17.6. The van der Waals surface area contributed by atoms with Crippen LogP contribution in [0.4, 0.5) is 16.2 Å². The van der Waals surface area contributed by atoms with E-state index in [1.165, 1.54) is 6.07 Å². The molecule has 0 saturated heterocycles. The molecule has 0 fully saturated rings. The van der Waals surface area contributed by atoms with Crippen molar-refractivity contribution in [3.05, 3.63) is 66.2 Å². The van der Waals surface area contributed by atoms with E-state index in [0.717, 1.165) is 29.9 Å². The second-order valence-electron chi connectivity index (χ2n) is 12.2. The molecule has 3 amide bonds. The number of likely N-dealkylation sites (N-methyl/N-ethyl adjacent to an activating group) is 1. The summed E-state index contributed by atoms with van der Waals surface area (Å²) in [5.74, 6) is -0.311. The summed E-state index contributed by atoms with van der Waals surface area (Å²) in [5.41, 5.74) is 1.13. The van der Waals surface area contributed by atoms with Crippen molar-refractivity contribution in [2.24, 2.45) is 5.92 Å². The van der Waals surface area contributed by atoms with Crippen molar-refractivity contribution in [1.82, 2.24) is 9.80 Å². The van der Waals surface area contributed by atoms with E-state index in [0.29, 0.717) is 24.5 Å². The van der Waals surface area contributed by atoms with Gasteiger partial charge in [0.2, 0.25) is 10.0 Å². The molecule has 46 heavy (non-hydrogen) atoms. The first-order valence-electron chi connectivity index (χ1n) is 15.7. The Morgan fingerprint density at radius 1 is 1.11 bits per heavy atom. The predicted octanol–water partition coefficient (Wildman–Crippen LogP) is 5.17. The van der Waals surface area contributed by atoms with Crippen LogP contribution in [-0.2, 0) is 14.8 Å². The third kappa shape index (κ3) is 9.34. The van der Waals surface area contributed by atoms with Crippen LogP contribution in [-0.4, -0.2) is 93.1 Å². The molecule has 0 unspecified atom stereocenters. The van der Waals surface area contributed by atoms with E-state index in [1.54, 1.807) is 35.9 Å². The zero-order chi connectivity index (χ0) is 33.4. The first-order chi connectivity index (χ1) is 21.9. The molecular formula is C34H46N4O7S. The lowest BCUT2D eigenvalue weighted by Crippen LogP contribution is -2.48. The van der Waals surface area contributed by atoms with E-state index in [9.17, 15) is 23.1 Å². The number of urea groups is 1. The topological polar surface area (TPSA) is 138 Å². The highest BCUT2D eigenvalue weighted by molar-refractivity contribution is 7.92. The lowest BCUT2D eigenvalue weighted by molar-refractivity contribution is -0.0115. The number of aliphatic hydroxyl groups excluding tert-OH is 1. The van der Waals surface area contributed by atoms with Crippen molar-refractivity contribution in [3.8, 4) is 5.75 Å². The molecule has 0 saturated carbocycles. The van der Waals surface area contributed by atoms with E-state index in [-0.39, 0.29) is 49.0 Å². The Morgan fingerprint density at radius 2 is 1.85 bits per heavy atom. The van der Waals surface area contributed by atoms with Crippen molar-refractivity contribution in [2.75, 3.05) is 49.6 Å². The third-order valence-corrected chi connectivity index (χ3v) is 8.79. The average Bonchev–Trinajstić information content (AvgIpc) is 3.01. The number of fused-ring (bicyclic) bond motifs is 2. The highest BCUT2D eigenvalue weighted by Gasteiger charge is 2.31. The van der Waals surface area contributed by atoms with Crippen LogP contribution in [0.5, 0.6) is 5.75 Å². The maximum atomic E-state index is 14.2. The van der Waals surface area contributed by atoms with Gasteiger partial charge in [0.25, 0.3) is 5.91 Å². The van der Waals surface area contributed by atoms with Gasteiger partial charge in [0.05, 0.1) is 42.4 Å². The largest absolute Gasteiger partial charge is 0.490 e. The SMILES string of the molecule is C[C@H](CO)N1C[C@H](C)[C@@H](CN(C)C(=O)Nc2cccc3ccccc23)OCCCC[C@H](C)Oc2ccc(NS(C)(=O)=O)cc2C1=O. The van der Waals surface area contributed by atoms with Gasteiger partial charge in [0, 0.05) is 43.7 Å². The highest BCUT2D eigenvalue weighted by atomic mass is 32.2. The van der Waals surface area contributed by atoms with Crippen molar-refractivity contribution in [2.45, 2.75) is 58.3 Å². The first kappa shape index (κ1) is 35.0. The number of nitrogens with one attached hydrogen (secondary N) is 2. The molecule has 1 aliphatic rings. The number of amides is 3. The number of benzene rings is 3. The fourth-order valence-corrected chi connectivity index (χ4v) is 6.12. The van der Waals surface area contributed by atoms with E-state index in [1.807, 2.05) is 56.3 Å². The Labute approximate surface area is 271 Å². The maximum absolute atomic E-state index is 14.2. The fraction of sp³-hybridized carbons (Fsp3) is 0.471. The molecule has 0 spiro atoms. The van der Waals surface area contributed by atoms with Crippen molar-refractivity contribution in [1.29, 1.82) is 0 Å². The van der Waals surface area contributed by atoms with Gasteiger partial charge in [-0.05, 0) is 62.8 Å². The second kappa shape index (κ2) is 15.6. The standard InChI is InChI=1S/C34H46N4O7S/c1-23-20-38(24(2)22-39)33(40)29-19-27(36-46(5,42)43)16-17-31(29)45-25(3)11-8-9-18-44-32(23)21-37(4)34(41)35-30-15-10-13-26-12-6-7-14-28(26)30/h6-7,10,12-17,19,23-25,32,36,39H,8-9,11,18,20-22H2,1-5H3,(H,35,41)/t23-,24+,25-,32+/m0/s1. The van der Waals surface area contributed by atoms with Gasteiger partial charge in [-0.1, -0.05) is 43.3 Å². The van der Waals surface area contributed by atoms with Gasteiger partial charge in [0.1, 0.15) is 5.75 Å². The van der Waals surface area contributed by atoms with Gasteiger partial charge in [-0.15, -0.1) is 0 Å². The number of nitrogens with zero attached hydrogens (tertiary/aromatic N) is 2. The van der Waals surface area contributed by atoms with Crippen molar-refractivity contribution in [3.63, 3.8) is 0 Å². The van der Waals surface area contributed by atoms with Gasteiger partial charge in [0.15, 0.2) is 0 Å². The van der Waals surface area contributed by atoms with Crippen LogP contribution in [0.25, 0.3) is 10.8 Å². The Morgan fingerprint density at radius 3 is 2.59 bits per heavy atom. The van der Waals surface area contributed by atoms with Crippen LogP contribution in [0.3, 0.4) is 0 Å². The van der Waals surface area contributed by atoms with E-state index in [4.69, 9.17) is 9.47 Å². The number of sulfonamides is 1. The molecule has 250 valence electrons. The molecule has 1 heterocycles. The fourth-order valence-electron chi connectivity index (χ4n) is 5.56. The van der Waals surface area contributed by atoms with E-state index >= 15 is 0 Å². The van der Waals surface area contributed by atoms with Crippen LogP contribution >= 0.6 is 0 Å². The summed E-state index contributed by atoms with van der Waals surface area (Å²) >= 11 is 0. The highest BCUT2D eigenvalue weighted by Crippen LogP contribution is 2.29. The third-order valence-electron chi connectivity index (χ3n) is 8.19. The summed E-state index contributed by atoms with van der Waals surface area (Å²) in [6.45, 7) is 6.29. The van der Waals surface area contributed by atoms with Crippen molar-refractivity contribution >= 4 is 44.1 Å². The average molecular weight is 655 g/mol. The van der Waals surface area contributed by atoms with Crippen LogP contribution in [0.2, 0.25) is 0 Å². The molecule has 3 N–H and O–H groups in total. The number of ether oxygens (including phenoxy) is 2. The molecule has 0 aromatic heterocycles. The molecule has 4 atom stereocenters. The van der Waals surface area contributed by atoms with Crippen LogP contribution < -0.4 is 14.8 Å². The van der Waals surface area contributed by atoms with Gasteiger partial charge in [-0.25, -0.2) is 13.2 Å². The number of anilines is 2. The van der Waals surface area contributed by atoms with Crippen LogP contribution in [0.15, 0.2) is 60.7 Å². The summed E-state index contributed by atoms with van der Waals surface area (Å²) in [6, 6.07) is 17.4. The Hall–Kier alpha value is -3.87. The lowest BCUT2D eigenvalue weighted by atomic mass is 10.0. The molecule has 1 aliphatic heterocycles. The number of hydrogen-bond acceptors (Lipinski definition) is 7. The zero-order valence-electron chi connectivity index (χ0n) is 27.2. The molecule has 4 rings (SSSR count). The minimum atomic E-state index is -3.59. The predicted molar refractivity (Wildman–Crippen MR) is 181 cm³/mol. The lowest BCUT2D eigenvalue weighted by Gasteiger charge is -2.35. The monoisotopic (exact) mass is 654 g/mol. The van der Waals surface area contributed by atoms with Gasteiger partial charge in [-0.3, -0.25) is 9.52 Å². The Balaban J connectivity index is 1.60. The minimum absolute atomic E-state index is 0.189. The zero-order valence-corrected chi connectivity index (χ0v) is 28.0. The summed E-state index contributed by atoms with van der Waals surface area (Å²) in [5, 5.41) is 15.1. The molecule has 0 bridgehead atoms. The molecule has 0 radical (unpaired) electrons. The summed E-state index contributed by atoms with van der Waals surface area (Å²) in [4.78, 5) is 30.7. The van der Waals surface area contributed by atoms with Gasteiger partial charge < -0.3 is 29.7 Å². The Bertz CT molecular complexity index is 1610. The maximum Gasteiger partial charge on any atom is 0.321 e. The molecule has 0 aliphatic carbocycles. The quantitative estimate of drug-likeness (QED) is 0.320. The van der Waals surface area contributed by atoms with Crippen LogP contribution in [0.1, 0.15) is 50.4 Å². The Kier molecular flexibility index (Phi) is 11.9. The molecule has 3 aromatic carbocycles. The van der Waals surface area contributed by atoms with Crippen LogP contribution in [0, 0.1) is 5.92 Å². The number of rotatable bonds is 7. The number of carbonyl (C=O) groups excluding carboxylic acids is 2. The van der Waals surface area contributed by atoms with Gasteiger partial charge in [-0.2, -0.15) is 0 Å². The minimum Gasteiger partial charge on any atom is -0.490 e. The summed E-state index contributed by atoms with van der Waals surface area (Å²) in [7, 11) is -1.88. The van der Waals surface area contributed by atoms with E-state index in [2.05, 4.69) is 10.0 Å². The van der Waals surface area contributed by atoms with Gasteiger partial charge >= 0.3 is 6.03 Å².